The first-order chi connectivity index (χ1) is 12.1. The molecule has 0 N–H and O–H groups in total. The summed E-state index contributed by atoms with van der Waals surface area (Å²) < 4.78 is 10.4. The highest BCUT2D eigenvalue weighted by atomic mass is 16.5. The van der Waals surface area contributed by atoms with Crippen LogP contribution in [-0.4, -0.2) is 31.8 Å². The number of rotatable bonds is 5. The maximum absolute atomic E-state index is 12.3. The summed E-state index contributed by atoms with van der Waals surface area (Å²) in [5.74, 6) is -0.0527. The van der Waals surface area contributed by atoms with Crippen LogP contribution in [0.3, 0.4) is 0 Å². The highest BCUT2D eigenvalue weighted by Crippen LogP contribution is 2.28. The number of carbonyl (C=O) groups is 3. The lowest BCUT2D eigenvalue weighted by Crippen LogP contribution is -2.27. The first-order valence-corrected chi connectivity index (χ1v) is 7.82. The summed E-state index contributed by atoms with van der Waals surface area (Å²) in [4.78, 5) is 36.7. The molecule has 1 amide bonds. The molecule has 1 aliphatic rings. The van der Waals surface area contributed by atoms with E-state index >= 15 is 0 Å². The molecule has 3 rings (SSSR count). The largest absolute Gasteiger partial charge is 0.497 e. The van der Waals surface area contributed by atoms with E-state index in [1.807, 2.05) is 0 Å². The minimum Gasteiger partial charge on any atom is -0.497 e. The number of anilines is 1. The SMILES string of the molecule is COc1ccc(N2C[C@H](C(=O)Oc3ccc(C=O)cc3)CC2=O)cc1. The molecule has 1 aliphatic heterocycles. The fourth-order valence-electron chi connectivity index (χ4n) is 2.69. The van der Waals surface area contributed by atoms with Crippen molar-refractivity contribution in [1.29, 1.82) is 0 Å². The lowest BCUT2D eigenvalue weighted by Gasteiger charge is -2.16. The van der Waals surface area contributed by atoms with Crippen LogP contribution in [0.2, 0.25) is 0 Å². The number of amides is 1. The molecule has 25 heavy (non-hydrogen) atoms. The molecule has 0 aliphatic carbocycles. The van der Waals surface area contributed by atoms with Crippen molar-refractivity contribution >= 4 is 23.9 Å². The molecule has 1 atom stereocenters. The zero-order chi connectivity index (χ0) is 17.8. The van der Waals surface area contributed by atoms with Crippen molar-refractivity contribution in [1.82, 2.24) is 0 Å². The van der Waals surface area contributed by atoms with Crippen LogP contribution in [0.1, 0.15) is 16.8 Å². The van der Waals surface area contributed by atoms with E-state index in [1.54, 1.807) is 60.5 Å². The fourth-order valence-corrected chi connectivity index (χ4v) is 2.69. The molecule has 128 valence electrons. The molecule has 0 bridgehead atoms. The molecule has 1 saturated heterocycles. The predicted molar refractivity (Wildman–Crippen MR) is 90.9 cm³/mol. The minimum atomic E-state index is -0.527. The highest BCUT2D eigenvalue weighted by Gasteiger charge is 2.36. The van der Waals surface area contributed by atoms with Crippen molar-refractivity contribution < 1.29 is 23.9 Å². The van der Waals surface area contributed by atoms with Crippen LogP contribution in [0.25, 0.3) is 0 Å². The van der Waals surface area contributed by atoms with Gasteiger partial charge in [-0.3, -0.25) is 14.4 Å². The second kappa shape index (κ2) is 7.17. The Labute approximate surface area is 145 Å². The van der Waals surface area contributed by atoms with E-state index in [1.165, 1.54) is 0 Å². The Kier molecular flexibility index (Phi) is 4.79. The molecule has 0 saturated carbocycles. The summed E-state index contributed by atoms with van der Waals surface area (Å²) >= 11 is 0. The maximum Gasteiger partial charge on any atom is 0.316 e. The van der Waals surface area contributed by atoms with E-state index in [-0.39, 0.29) is 18.9 Å². The standard InChI is InChI=1S/C19H17NO5/c1-24-16-8-4-15(5-9-16)20-11-14(10-18(20)22)19(23)25-17-6-2-13(12-21)3-7-17/h2-9,12,14H,10-11H2,1H3/t14-/m1/s1. The Morgan fingerprint density at radius 2 is 1.72 bits per heavy atom. The number of carbonyl (C=O) groups excluding carboxylic acids is 3. The molecule has 0 spiro atoms. The Morgan fingerprint density at radius 3 is 2.32 bits per heavy atom. The van der Waals surface area contributed by atoms with Crippen LogP contribution in [0.15, 0.2) is 48.5 Å². The van der Waals surface area contributed by atoms with E-state index < -0.39 is 11.9 Å². The molecular formula is C19H17NO5. The molecule has 6 nitrogen and oxygen atoms in total. The predicted octanol–water partition coefficient (Wildman–Crippen LogP) is 2.47. The molecule has 0 aromatic heterocycles. The van der Waals surface area contributed by atoms with E-state index in [4.69, 9.17) is 9.47 Å². The van der Waals surface area contributed by atoms with Crippen LogP contribution in [-0.2, 0) is 9.59 Å². The molecule has 1 heterocycles. The first-order valence-electron chi connectivity index (χ1n) is 7.82. The Bertz CT molecular complexity index is 782. The third-order valence-corrected chi connectivity index (χ3v) is 4.08. The van der Waals surface area contributed by atoms with E-state index in [0.717, 1.165) is 5.69 Å². The van der Waals surface area contributed by atoms with Crippen molar-refractivity contribution in [2.24, 2.45) is 5.92 Å². The van der Waals surface area contributed by atoms with Gasteiger partial charge >= 0.3 is 5.97 Å². The summed E-state index contributed by atoms with van der Waals surface area (Å²) in [7, 11) is 1.57. The summed E-state index contributed by atoms with van der Waals surface area (Å²) in [6.07, 6.45) is 0.825. The maximum atomic E-state index is 12.3. The van der Waals surface area contributed by atoms with E-state index in [0.29, 0.717) is 23.3 Å². The van der Waals surface area contributed by atoms with Gasteiger partial charge in [-0.2, -0.15) is 0 Å². The number of benzene rings is 2. The van der Waals surface area contributed by atoms with Crippen LogP contribution in [0.5, 0.6) is 11.5 Å². The van der Waals surface area contributed by atoms with Crippen molar-refractivity contribution in [3.05, 3.63) is 54.1 Å². The van der Waals surface area contributed by atoms with Crippen LogP contribution in [0.4, 0.5) is 5.69 Å². The zero-order valence-corrected chi connectivity index (χ0v) is 13.7. The van der Waals surface area contributed by atoms with Gasteiger partial charge in [0, 0.05) is 24.2 Å². The average Bonchev–Trinajstić information content (AvgIpc) is 3.04. The van der Waals surface area contributed by atoms with Crippen molar-refractivity contribution in [3.8, 4) is 11.5 Å². The number of ether oxygens (including phenoxy) is 2. The second-order valence-corrected chi connectivity index (χ2v) is 5.71. The number of methoxy groups -OCH3 is 1. The molecule has 2 aromatic rings. The normalized spacial score (nSPS) is 16.6. The van der Waals surface area contributed by atoms with Gasteiger partial charge < -0.3 is 14.4 Å². The topological polar surface area (TPSA) is 72.9 Å². The lowest BCUT2D eigenvalue weighted by molar-refractivity contribution is -0.139. The van der Waals surface area contributed by atoms with Gasteiger partial charge in [0.25, 0.3) is 0 Å². The van der Waals surface area contributed by atoms with Gasteiger partial charge in [0.1, 0.15) is 17.8 Å². The van der Waals surface area contributed by atoms with Crippen LogP contribution >= 0.6 is 0 Å². The Balaban J connectivity index is 1.66. The lowest BCUT2D eigenvalue weighted by atomic mass is 10.1. The van der Waals surface area contributed by atoms with Gasteiger partial charge in [0.15, 0.2) is 0 Å². The summed E-state index contributed by atoms with van der Waals surface area (Å²) in [5, 5.41) is 0. The van der Waals surface area contributed by atoms with Crippen molar-refractivity contribution in [2.45, 2.75) is 6.42 Å². The second-order valence-electron chi connectivity index (χ2n) is 5.71. The monoisotopic (exact) mass is 339 g/mol. The number of nitrogens with zero attached hydrogens (tertiary/aromatic N) is 1. The fraction of sp³-hybridized carbons (Fsp3) is 0.211. The smallest absolute Gasteiger partial charge is 0.316 e. The van der Waals surface area contributed by atoms with Gasteiger partial charge in [0.05, 0.1) is 13.0 Å². The van der Waals surface area contributed by atoms with Crippen molar-refractivity contribution in [3.63, 3.8) is 0 Å². The molecule has 2 aromatic carbocycles. The zero-order valence-electron chi connectivity index (χ0n) is 13.7. The Hall–Kier alpha value is -3.15. The average molecular weight is 339 g/mol. The highest BCUT2D eigenvalue weighted by molar-refractivity contribution is 5.99. The molecule has 0 unspecified atom stereocenters. The van der Waals surface area contributed by atoms with Gasteiger partial charge in [-0.25, -0.2) is 0 Å². The number of hydrogen-bond donors (Lipinski definition) is 0. The number of aldehydes is 1. The van der Waals surface area contributed by atoms with Gasteiger partial charge in [0.2, 0.25) is 5.91 Å². The molecule has 0 radical (unpaired) electrons. The molecule has 1 fully saturated rings. The summed E-state index contributed by atoms with van der Waals surface area (Å²) in [6, 6.07) is 13.3. The minimum absolute atomic E-state index is 0.108. The number of esters is 1. The Morgan fingerprint density at radius 1 is 1.08 bits per heavy atom. The molecular weight excluding hydrogens is 322 g/mol. The van der Waals surface area contributed by atoms with Gasteiger partial charge in [-0.05, 0) is 48.5 Å². The summed E-state index contributed by atoms with van der Waals surface area (Å²) in [5.41, 5.74) is 1.22. The quantitative estimate of drug-likeness (QED) is 0.475. The van der Waals surface area contributed by atoms with E-state index in [2.05, 4.69) is 0 Å². The van der Waals surface area contributed by atoms with Gasteiger partial charge in [-0.1, -0.05) is 0 Å². The first kappa shape index (κ1) is 16.7. The third kappa shape index (κ3) is 3.68. The van der Waals surface area contributed by atoms with Crippen LogP contribution < -0.4 is 14.4 Å². The van der Waals surface area contributed by atoms with Crippen molar-refractivity contribution in [2.75, 3.05) is 18.6 Å². The summed E-state index contributed by atoms with van der Waals surface area (Å²) in [6.45, 7) is 0.274. The van der Waals surface area contributed by atoms with Crippen LogP contribution in [0, 0.1) is 5.92 Å². The number of hydrogen-bond acceptors (Lipinski definition) is 5. The molecule has 6 heteroatoms. The van der Waals surface area contributed by atoms with E-state index in [9.17, 15) is 14.4 Å². The third-order valence-electron chi connectivity index (χ3n) is 4.08. The van der Waals surface area contributed by atoms with Gasteiger partial charge in [-0.15, -0.1) is 0 Å².